The summed E-state index contributed by atoms with van der Waals surface area (Å²) in [4.78, 5) is 4.41. The Labute approximate surface area is 162 Å². The van der Waals surface area contributed by atoms with E-state index in [-0.39, 0.29) is 5.75 Å². The van der Waals surface area contributed by atoms with Crippen molar-refractivity contribution >= 4 is 16.6 Å². The summed E-state index contributed by atoms with van der Waals surface area (Å²) in [5, 5.41) is 0.602. The SMILES string of the molecule is CC(C)COc1cc2nccc(Oc3ccc(N)cc3F)c2c2c1OCCO2. The molecule has 0 saturated heterocycles. The van der Waals surface area contributed by atoms with Gasteiger partial charge in [0, 0.05) is 24.0 Å². The number of nitrogen functional groups attached to an aromatic ring is 1. The molecule has 1 aliphatic rings. The van der Waals surface area contributed by atoms with E-state index in [0.717, 1.165) is 0 Å². The first kappa shape index (κ1) is 18.2. The average Bonchev–Trinajstić information content (AvgIpc) is 2.68. The summed E-state index contributed by atoms with van der Waals surface area (Å²) in [6.07, 6.45) is 1.59. The molecule has 7 heteroatoms. The molecule has 0 radical (unpaired) electrons. The van der Waals surface area contributed by atoms with E-state index in [1.165, 1.54) is 12.1 Å². The van der Waals surface area contributed by atoms with E-state index < -0.39 is 5.82 Å². The van der Waals surface area contributed by atoms with Crippen molar-refractivity contribution in [3.8, 4) is 28.7 Å². The summed E-state index contributed by atoms with van der Waals surface area (Å²) in [6, 6.07) is 7.73. The van der Waals surface area contributed by atoms with Crippen LogP contribution in [0.25, 0.3) is 10.9 Å². The van der Waals surface area contributed by atoms with Gasteiger partial charge >= 0.3 is 0 Å². The largest absolute Gasteiger partial charge is 0.489 e. The monoisotopic (exact) mass is 384 g/mol. The third kappa shape index (κ3) is 3.47. The number of anilines is 1. The highest BCUT2D eigenvalue weighted by atomic mass is 19.1. The van der Waals surface area contributed by atoms with Crippen LogP contribution in [0.3, 0.4) is 0 Å². The molecule has 0 spiro atoms. The molecule has 2 heterocycles. The van der Waals surface area contributed by atoms with Gasteiger partial charge in [-0.1, -0.05) is 13.8 Å². The van der Waals surface area contributed by atoms with Gasteiger partial charge in [0.05, 0.1) is 17.5 Å². The molecule has 3 aromatic rings. The summed E-state index contributed by atoms with van der Waals surface area (Å²) in [6.45, 7) is 5.47. The highest BCUT2D eigenvalue weighted by Crippen LogP contribution is 2.48. The number of rotatable bonds is 5. The normalized spacial score (nSPS) is 13.0. The molecule has 2 N–H and O–H groups in total. The molecule has 6 nitrogen and oxygen atoms in total. The Balaban J connectivity index is 1.82. The van der Waals surface area contributed by atoms with Gasteiger partial charge in [-0.05, 0) is 24.1 Å². The number of fused-ring (bicyclic) bond motifs is 3. The summed E-state index contributed by atoms with van der Waals surface area (Å²) in [7, 11) is 0. The maximum atomic E-state index is 14.2. The standard InChI is InChI=1S/C21H21FN2O4/c1-12(2)11-27-18-10-15-19(21-20(18)25-7-8-26-21)17(5-6-24-15)28-16-4-3-13(23)9-14(16)22/h3-6,9-10,12H,7-8,11,23H2,1-2H3. The molecule has 0 atom stereocenters. The number of hydrogen-bond acceptors (Lipinski definition) is 6. The highest BCUT2D eigenvalue weighted by molar-refractivity contribution is 5.95. The van der Waals surface area contributed by atoms with Crippen molar-refractivity contribution in [1.82, 2.24) is 4.98 Å². The first-order chi connectivity index (χ1) is 13.5. The Bertz CT molecular complexity index is 1020. The second-order valence-electron chi connectivity index (χ2n) is 6.93. The Morgan fingerprint density at radius 3 is 2.61 bits per heavy atom. The Morgan fingerprint density at radius 2 is 1.86 bits per heavy atom. The topological polar surface area (TPSA) is 75.8 Å². The van der Waals surface area contributed by atoms with Crippen molar-refractivity contribution < 1.29 is 23.3 Å². The predicted octanol–water partition coefficient (Wildman–Crippen LogP) is 4.55. The van der Waals surface area contributed by atoms with E-state index in [0.29, 0.717) is 65.3 Å². The third-order valence-corrected chi connectivity index (χ3v) is 4.19. The molecule has 4 rings (SSSR count). The number of hydrogen-bond donors (Lipinski definition) is 1. The second kappa shape index (κ2) is 7.42. The van der Waals surface area contributed by atoms with Gasteiger partial charge < -0.3 is 24.7 Å². The summed E-state index contributed by atoms with van der Waals surface area (Å²) in [5.41, 5.74) is 6.55. The Hall–Kier alpha value is -3.22. The van der Waals surface area contributed by atoms with Crippen LogP contribution in [-0.4, -0.2) is 24.8 Å². The number of benzene rings is 2. The van der Waals surface area contributed by atoms with Crippen LogP contribution in [0.15, 0.2) is 36.5 Å². The van der Waals surface area contributed by atoms with E-state index in [2.05, 4.69) is 18.8 Å². The Morgan fingerprint density at radius 1 is 1.07 bits per heavy atom. The zero-order valence-corrected chi connectivity index (χ0v) is 15.7. The van der Waals surface area contributed by atoms with E-state index in [9.17, 15) is 4.39 Å². The fourth-order valence-corrected chi connectivity index (χ4v) is 2.94. The minimum absolute atomic E-state index is 0.0623. The summed E-state index contributed by atoms with van der Waals surface area (Å²) < 4.78 is 37.6. The van der Waals surface area contributed by atoms with E-state index in [1.807, 2.05) is 0 Å². The van der Waals surface area contributed by atoms with E-state index in [4.69, 9.17) is 24.7 Å². The van der Waals surface area contributed by atoms with E-state index in [1.54, 1.807) is 24.4 Å². The first-order valence-electron chi connectivity index (χ1n) is 9.10. The number of nitrogens with two attached hydrogens (primary N) is 1. The van der Waals surface area contributed by atoms with Crippen molar-refractivity contribution in [3.05, 3.63) is 42.3 Å². The molecule has 0 aliphatic carbocycles. The molecule has 0 bridgehead atoms. The van der Waals surface area contributed by atoms with Crippen LogP contribution >= 0.6 is 0 Å². The summed E-state index contributed by atoms with van der Waals surface area (Å²) >= 11 is 0. The van der Waals surface area contributed by atoms with Crippen LogP contribution in [0.5, 0.6) is 28.7 Å². The van der Waals surface area contributed by atoms with Crippen LogP contribution in [0.1, 0.15) is 13.8 Å². The lowest BCUT2D eigenvalue weighted by molar-refractivity contribution is 0.161. The molecule has 28 heavy (non-hydrogen) atoms. The zero-order chi connectivity index (χ0) is 19.7. The minimum atomic E-state index is -0.548. The van der Waals surface area contributed by atoms with Gasteiger partial charge in [0.25, 0.3) is 0 Å². The lowest BCUT2D eigenvalue weighted by atomic mass is 10.1. The van der Waals surface area contributed by atoms with Gasteiger partial charge in [0.2, 0.25) is 5.75 Å². The molecule has 0 fully saturated rings. The maximum Gasteiger partial charge on any atom is 0.204 e. The maximum absolute atomic E-state index is 14.2. The van der Waals surface area contributed by atoms with Crippen molar-refractivity contribution in [3.63, 3.8) is 0 Å². The number of aromatic nitrogens is 1. The van der Waals surface area contributed by atoms with Gasteiger partial charge in [-0.3, -0.25) is 4.98 Å². The lowest BCUT2D eigenvalue weighted by Gasteiger charge is -2.24. The number of pyridine rings is 1. The molecule has 0 amide bonds. The smallest absolute Gasteiger partial charge is 0.204 e. The fourth-order valence-electron chi connectivity index (χ4n) is 2.94. The molecule has 1 aromatic heterocycles. The van der Waals surface area contributed by atoms with Crippen molar-refractivity contribution in [2.45, 2.75) is 13.8 Å². The van der Waals surface area contributed by atoms with Crippen molar-refractivity contribution in [2.75, 3.05) is 25.6 Å². The molecule has 0 saturated carbocycles. The zero-order valence-electron chi connectivity index (χ0n) is 15.7. The number of halogens is 1. The van der Waals surface area contributed by atoms with Crippen LogP contribution in [0.2, 0.25) is 0 Å². The second-order valence-corrected chi connectivity index (χ2v) is 6.93. The van der Waals surface area contributed by atoms with E-state index >= 15 is 0 Å². The van der Waals surface area contributed by atoms with Crippen molar-refractivity contribution in [1.29, 1.82) is 0 Å². The van der Waals surface area contributed by atoms with Gasteiger partial charge in [-0.15, -0.1) is 0 Å². The first-order valence-corrected chi connectivity index (χ1v) is 9.10. The average molecular weight is 384 g/mol. The van der Waals surface area contributed by atoms with Gasteiger partial charge in [-0.2, -0.15) is 0 Å². The van der Waals surface area contributed by atoms with Gasteiger partial charge in [0.15, 0.2) is 23.1 Å². The quantitative estimate of drug-likeness (QED) is 0.650. The summed E-state index contributed by atoms with van der Waals surface area (Å²) in [5.74, 6) is 1.84. The van der Waals surface area contributed by atoms with Crippen molar-refractivity contribution in [2.24, 2.45) is 5.92 Å². The molecule has 146 valence electrons. The minimum Gasteiger partial charge on any atom is -0.489 e. The van der Waals surface area contributed by atoms with Gasteiger partial charge in [-0.25, -0.2) is 4.39 Å². The van der Waals surface area contributed by atoms with Crippen LogP contribution in [0, 0.1) is 11.7 Å². The lowest BCUT2D eigenvalue weighted by Crippen LogP contribution is -2.17. The molecular weight excluding hydrogens is 363 g/mol. The Kier molecular flexibility index (Phi) is 4.81. The molecule has 1 aliphatic heterocycles. The van der Waals surface area contributed by atoms with Crippen LogP contribution < -0.4 is 24.7 Å². The van der Waals surface area contributed by atoms with Crippen LogP contribution in [0.4, 0.5) is 10.1 Å². The predicted molar refractivity (Wildman–Crippen MR) is 104 cm³/mol. The molecule has 2 aromatic carbocycles. The molecule has 0 unspecified atom stereocenters. The molecular formula is C21H21FN2O4. The highest BCUT2D eigenvalue weighted by Gasteiger charge is 2.25. The van der Waals surface area contributed by atoms with Crippen LogP contribution in [-0.2, 0) is 0 Å². The fraction of sp³-hybridized carbons (Fsp3) is 0.286. The number of nitrogens with zero attached hydrogens (tertiary/aromatic N) is 1. The number of ether oxygens (including phenoxy) is 4. The van der Waals surface area contributed by atoms with Gasteiger partial charge in [0.1, 0.15) is 19.0 Å². The third-order valence-electron chi connectivity index (χ3n) is 4.19.